The monoisotopic (exact) mass is 294 g/mol. The van der Waals surface area contributed by atoms with Gasteiger partial charge in [0.25, 0.3) is 0 Å². The molecular weight excluding hydrogens is 279 g/mol. The normalized spacial score (nSPS) is 12.2. The highest BCUT2D eigenvalue weighted by atomic mass is 35.5. The number of halogens is 2. The first-order valence-corrected chi connectivity index (χ1v) is 6.65. The molecule has 0 amide bonds. The zero-order valence-electron chi connectivity index (χ0n) is 10.9. The van der Waals surface area contributed by atoms with Crippen molar-refractivity contribution in [1.82, 2.24) is 5.43 Å². The molecule has 0 aliphatic rings. The van der Waals surface area contributed by atoms with Crippen LogP contribution in [0.5, 0.6) is 5.75 Å². The average Bonchev–Trinajstić information content (AvgIpc) is 2.49. The Bertz CT molecular complexity index is 551. The maximum absolute atomic E-state index is 13.4. The number of hydrazine groups is 1. The van der Waals surface area contributed by atoms with Crippen molar-refractivity contribution in [2.45, 2.75) is 12.5 Å². The van der Waals surface area contributed by atoms with Gasteiger partial charge in [-0.2, -0.15) is 0 Å². The Morgan fingerprint density at radius 1 is 1.15 bits per heavy atom. The number of hydrogen-bond donors (Lipinski definition) is 2. The molecule has 3 nitrogen and oxygen atoms in total. The first-order chi connectivity index (χ1) is 9.70. The van der Waals surface area contributed by atoms with Gasteiger partial charge in [-0.15, -0.1) is 0 Å². The van der Waals surface area contributed by atoms with Crippen molar-refractivity contribution >= 4 is 11.6 Å². The van der Waals surface area contributed by atoms with Crippen molar-refractivity contribution in [2.24, 2.45) is 5.84 Å². The van der Waals surface area contributed by atoms with E-state index >= 15 is 0 Å². The van der Waals surface area contributed by atoms with Gasteiger partial charge in [0.05, 0.1) is 11.1 Å². The molecule has 0 aliphatic heterocycles. The van der Waals surface area contributed by atoms with Gasteiger partial charge in [-0.25, -0.2) is 4.39 Å². The van der Waals surface area contributed by atoms with E-state index < -0.39 is 5.82 Å². The summed E-state index contributed by atoms with van der Waals surface area (Å²) in [5.41, 5.74) is 3.36. The summed E-state index contributed by atoms with van der Waals surface area (Å²) in [7, 11) is 0. The number of benzene rings is 2. The molecule has 0 aliphatic carbocycles. The molecule has 0 spiro atoms. The summed E-state index contributed by atoms with van der Waals surface area (Å²) < 4.78 is 19.0. The van der Waals surface area contributed by atoms with Gasteiger partial charge in [0.15, 0.2) is 0 Å². The van der Waals surface area contributed by atoms with Crippen LogP contribution in [0.1, 0.15) is 5.56 Å². The lowest BCUT2D eigenvalue weighted by molar-refractivity contribution is 0.264. The zero-order valence-corrected chi connectivity index (χ0v) is 11.6. The van der Waals surface area contributed by atoms with Crippen molar-refractivity contribution in [3.63, 3.8) is 0 Å². The van der Waals surface area contributed by atoms with Crippen molar-refractivity contribution in [1.29, 1.82) is 0 Å². The molecule has 0 heterocycles. The van der Waals surface area contributed by atoms with Gasteiger partial charge in [-0.1, -0.05) is 41.9 Å². The van der Waals surface area contributed by atoms with E-state index in [0.29, 0.717) is 18.6 Å². The molecule has 106 valence electrons. The van der Waals surface area contributed by atoms with E-state index in [0.717, 1.165) is 5.75 Å². The summed E-state index contributed by atoms with van der Waals surface area (Å²) in [6, 6.07) is 14.0. The summed E-state index contributed by atoms with van der Waals surface area (Å²) in [6.07, 6.45) is 0.486. The maximum atomic E-state index is 13.4. The molecule has 0 fully saturated rings. The molecule has 3 N–H and O–H groups in total. The standard InChI is InChI=1S/C15H16ClFN2O/c16-15-11(5-4-8-14(15)17)9-12(19-18)10-20-13-6-2-1-3-7-13/h1-8,12,19H,9-10,18H2. The summed E-state index contributed by atoms with van der Waals surface area (Å²) in [6.45, 7) is 0.368. The van der Waals surface area contributed by atoms with E-state index in [2.05, 4.69) is 5.43 Å². The first-order valence-electron chi connectivity index (χ1n) is 6.27. The second-order valence-electron chi connectivity index (χ2n) is 4.40. The number of ether oxygens (including phenoxy) is 1. The minimum Gasteiger partial charge on any atom is -0.492 e. The highest BCUT2D eigenvalue weighted by Crippen LogP contribution is 2.21. The van der Waals surface area contributed by atoms with Crippen LogP contribution >= 0.6 is 11.6 Å². The summed E-state index contributed by atoms with van der Waals surface area (Å²) in [4.78, 5) is 0. The molecule has 5 heteroatoms. The van der Waals surface area contributed by atoms with Crippen molar-refractivity contribution in [3.8, 4) is 5.75 Å². The second-order valence-corrected chi connectivity index (χ2v) is 4.78. The Balaban J connectivity index is 1.97. The van der Waals surface area contributed by atoms with Crippen LogP contribution in [0.4, 0.5) is 4.39 Å². The Morgan fingerprint density at radius 3 is 2.60 bits per heavy atom. The summed E-state index contributed by atoms with van der Waals surface area (Å²) in [5.74, 6) is 5.84. The van der Waals surface area contributed by atoms with Crippen molar-refractivity contribution in [3.05, 3.63) is 64.9 Å². The van der Waals surface area contributed by atoms with Crippen LogP contribution in [0.2, 0.25) is 5.02 Å². The topological polar surface area (TPSA) is 47.3 Å². The summed E-state index contributed by atoms with van der Waals surface area (Å²) >= 11 is 5.93. The molecule has 1 unspecified atom stereocenters. The number of nitrogens with one attached hydrogen (secondary N) is 1. The van der Waals surface area contributed by atoms with E-state index in [1.807, 2.05) is 30.3 Å². The molecule has 0 saturated heterocycles. The first kappa shape index (κ1) is 14.8. The fourth-order valence-corrected chi connectivity index (χ4v) is 2.05. The largest absolute Gasteiger partial charge is 0.492 e. The van der Waals surface area contributed by atoms with Gasteiger partial charge < -0.3 is 4.74 Å². The Morgan fingerprint density at radius 2 is 1.90 bits per heavy atom. The van der Waals surface area contributed by atoms with Gasteiger partial charge in [-0.3, -0.25) is 11.3 Å². The van der Waals surface area contributed by atoms with Crippen LogP contribution in [-0.4, -0.2) is 12.6 Å². The Labute approximate surface area is 122 Å². The number of nitrogens with two attached hydrogens (primary N) is 1. The minimum atomic E-state index is -0.427. The van der Waals surface area contributed by atoms with Crippen LogP contribution < -0.4 is 16.0 Å². The third kappa shape index (κ3) is 3.93. The van der Waals surface area contributed by atoms with Crippen LogP contribution in [0.15, 0.2) is 48.5 Å². The van der Waals surface area contributed by atoms with Gasteiger partial charge in [0, 0.05) is 0 Å². The number of rotatable bonds is 6. The van der Waals surface area contributed by atoms with Crippen molar-refractivity contribution in [2.75, 3.05) is 6.61 Å². The maximum Gasteiger partial charge on any atom is 0.142 e. The molecular formula is C15H16ClFN2O. The highest BCUT2D eigenvalue weighted by molar-refractivity contribution is 6.31. The molecule has 0 aromatic heterocycles. The fourth-order valence-electron chi connectivity index (χ4n) is 1.85. The number of para-hydroxylation sites is 1. The van der Waals surface area contributed by atoms with Crippen LogP contribution in [-0.2, 0) is 6.42 Å². The quantitative estimate of drug-likeness (QED) is 0.636. The van der Waals surface area contributed by atoms with E-state index in [1.165, 1.54) is 6.07 Å². The lowest BCUT2D eigenvalue weighted by Gasteiger charge is -2.17. The molecule has 0 radical (unpaired) electrons. The molecule has 0 saturated carbocycles. The molecule has 2 rings (SSSR count). The van der Waals surface area contributed by atoms with Crippen LogP contribution in [0.25, 0.3) is 0 Å². The molecule has 20 heavy (non-hydrogen) atoms. The van der Waals surface area contributed by atoms with Gasteiger partial charge in [0.1, 0.15) is 18.2 Å². The average molecular weight is 295 g/mol. The molecule has 2 aromatic rings. The van der Waals surface area contributed by atoms with Crippen molar-refractivity contribution < 1.29 is 9.13 Å². The predicted octanol–water partition coefficient (Wildman–Crippen LogP) is 2.93. The Hall–Kier alpha value is -1.62. The Kier molecular flexibility index (Phi) is 5.35. The molecule has 0 bridgehead atoms. The highest BCUT2D eigenvalue weighted by Gasteiger charge is 2.13. The van der Waals surface area contributed by atoms with E-state index in [1.54, 1.807) is 12.1 Å². The van der Waals surface area contributed by atoms with Gasteiger partial charge in [0.2, 0.25) is 0 Å². The third-order valence-electron chi connectivity index (χ3n) is 2.93. The second kappa shape index (κ2) is 7.24. The molecule has 1 atom stereocenters. The smallest absolute Gasteiger partial charge is 0.142 e. The lowest BCUT2D eigenvalue weighted by atomic mass is 10.1. The number of hydrogen-bond acceptors (Lipinski definition) is 3. The van der Waals surface area contributed by atoms with E-state index in [4.69, 9.17) is 22.2 Å². The zero-order chi connectivity index (χ0) is 14.4. The van der Waals surface area contributed by atoms with Gasteiger partial charge in [-0.05, 0) is 30.2 Å². The third-order valence-corrected chi connectivity index (χ3v) is 3.35. The molecule has 2 aromatic carbocycles. The van der Waals surface area contributed by atoms with E-state index in [-0.39, 0.29) is 11.1 Å². The van der Waals surface area contributed by atoms with E-state index in [9.17, 15) is 4.39 Å². The fraction of sp³-hybridized carbons (Fsp3) is 0.200. The van der Waals surface area contributed by atoms with Crippen LogP contribution in [0, 0.1) is 5.82 Å². The van der Waals surface area contributed by atoms with Crippen LogP contribution in [0.3, 0.4) is 0 Å². The predicted molar refractivity (Wildman–Crippen MR) is 78.2 cm³/mol. The lowest BCUT2D eigenvalue weighted by Crippen LogP contribution is -2.41. The SMILES string of the molecule is NNC(COc1ccccc1)Cc1cccc(F)c1Cl. The summed E-state index contributed by atoms with van der Waals surface area (Å²) in [5, 5.41) is 0.132. The minimum absolute atomic E-state index is 0.132. The van der Waals surface area contributed by atoms with Gasteiger partial charge >= 0.3 is 0 Å².